The summed E-state index contributed by atoms with van der Waals surface area (Å²) in [4.78, 5) is 5.59. The smallest absolute Gasteiger partial charge is 0.200 e. The van der Waals surface area contributed by atoms with E-state index in [0.717, 1.165) is 11.4 Å². The van der Waals surface area contributed by atoms with Gasteiger partial charge in [-0.25, -0.2) is 4.98 Å². The van der Waals surface area contributed by atoms with Gasteiger partial charge < -0.3 is 20.6 Å². The van der Waals surface area contributed by atoms with Crippen molar-refractivity contribution in [3.05, 3.63) is 33.8 Å². The quantitative estimate of drug-likeness (QED) is 0.637. The number of thiazole rings is 1. The van der Waals surface area contributed by atoms with E-state index in [1.54, 1.807) is 17.4 Å². The Labute approximate surface area is 121 Å². The lowest BCUT2D eigenvalue weighted by atomic mass is 10.1. The van der Waals surface area contributed by atoms with Gasteiger partial charge in [0.25, 0.3) is 0 Å². The third-order valence-electron chi connectivity index (χ3n) is 3.10. The van der Waals surface area contributed by atoms with E-state index in [1.807, 2.05) is 13.1 Å². The first-order valence-corrected chi connectivity index (χ1v) is 7.25. The number of hydrogen-bond donors (Lipinski definition) is 4. The third-order valence-corrected chi connectivity index (χ3v) is 4.43. The first-order chi connectivity index (χ1) is 9.52. The van der Waals surface area contributed by atoms with Gasteiger partial charge in [0.05, 0.1) is 6.04 Å². The van der Waals surface area contributed by atoms with Crippen LogP contribution in [0.25, 0.3) is 0 Å². The Kier molecular flexibility index (Phi) is 4.46. The molecule has 20 heavy (non-hydrogen) atoms. The molecule has 0 bridgehead atoms. The zero-order valence-electron chi connectivity index (χ0n) is 11.4. The standard InChI is InChI=1S/C14H18N2O3S/c1-3-10-7-16-14(20-10)8(2)15-6-9-4-5-11(17)13(19)12(9)18/h4-5,7-8,15,17-19H,3,6H2,1-2H3. The summed E-state index contributed by atoms with van der Waals surface area (Å²) < 4.78 is 0. The molecule has 1 unspecified atom stereocenters. The summed E-state index contributed by atoms with van der Waals surface area (Å²) in [6, 6.07) is 2.98. The fourth-order valence-corrected chi connectivity index (χ4v) is 2.67. The van der Waals surface area contributed by atoms with Crippen molar-refractivity contribution in [2.45, 2.75) is 32.9 Å². The monoisotopic (exact) mass is 294 g/mol. The zero-order valence-corrected chi connectivity index (χ0v) is 12.2. The fourth-order valence-electron chi connectivity index (χ4n) is 1.79. The van der Waals surface area contributed by atoms with E-state index in [2.05, 4.69) is 17.2 Å². The molecule has 1 aromatic carbocycles. The van der Waals surface area contributed by atoms with E-state index in [0.29, 0.717) is 12.1 Å². The van der Waals surface area contributed by atoms with Crippen molar-refractivity contribution in [1.29, 1.82) is 0 Å². The Morgan fingerprint density at radius 1 is 1.25 bits per heavy atom. The van der Waals surface area contributed by atoms with Crippen LogP contribution in [-0.2, 0) is 13.0 Å². The topological polar surface area (TPSA) is 85.6 Å². The van der Waals surface area contributed by atoms with E-state index >= 15 is 0 Å². The Balaban J connectivity index is 2.03. The van der Waals surface area contributed by atoms with Crippen LogP contribution in [-0.4, -0.2) is 20.3 Å². The predicted octanol–water partition coefficient (Wildman–Crippen LogP) is 2.67. The number of rotatable bonds is 5. The molecule has 2 aromatic rings. The van der Waals surface area contributed by atoms with Crippen LogP contribution < -0.4 is 5.32 Å². The number of phenolic OH excluding ortho intramolecular Hbond substituents is 3. The molecule has 1 aromatic heterocycles. The van der Waals surface area contributed by atoms with E-state index in [4.69, 9.17) is 0 Å². The molecule has 0 spiro atoms. The molecule has 108 valence electrons. The van der Waals surface area contributed by atoms with Crippen LogP contribution in [0.1, 0.15) is 35.3 Å². The molecule has 0 saturated carbocycles. The normalized spacial score (nSPS) is 12.5. The summed E-state index contributed by atoms with van der Waals surface area (Å²) in [5.74, 6) is -1.11. The number of nitrogens with one attached hydrogen (secondary N) is 1. The van der Waals surface area contributed by atoms with Gasteiger partial charge >= 0.3 is 0 Å². The molecule has 0 aliphatic rings. The largest absolute Gasteiger partial charge is 0.504 e. The van der Waals surface area contributed by atoms with Gasteiger partial charge in [0.2, 0.25) is 5.75 Å². The first kappa shape index (κ1) is 14.6. The van der Waals surface area contributed by atoms with Gasteiger partial charge in [0, 0.05) is 23.2 Å². The zero-order chi connectivity index (χ0) is 14.7. The van der Waals surface area contributed by atoms with Crippen molar-refractivity contribution in [1.82, 2.24) is 10.3 Å². The second-order valence-corrected chi connectivity index (χ2v) is 5.71. The number of aryl methyl sites for hydroxylation is 1. The number of benzene rings is 1. The number of aromatic hydroxyl groups is 3. The molecule has 0 radical (unpaired) electrons. The molecule has 2 rings (SSSR count). The highest BCUT2D eigenvalue weighted by molar-refractivity contribution is 7.11. The molecule has 6 heteroatoms. The average molecular weight is 294 g/mol. The first-order valence-electron chi connectivity index (χ1n) is 6.43. The number of hydrogen-bond acceptors (Lipinski definition) is 6. The maximum atomic E-state index is 9.74. The summed E-state index contributed by atoms with van der Waals surface area (Å²) in [6.45, 7) is 4.46. The molecule has 1 atom stereocenters. The molecule has 5 nitrogen and oxygen atoms in total. The molecule has 1 heterocycles. The van der Waals surface area contributed by atoms with Gasteiger partial charge in [-0.15, -0.1) is 11.3 Å². The highest BCUT2D eigenvalue weighted by atomic mass is 32.1. The summed E-state index contributed by atoms with van der Waals surface area (Å²) in [7, 11) is 0. The number of phenols is 3. The molecule has 0 amide bonds. The SMILES string of the molecule is CCc1cnc(C(C)NCc2ccc(O)c(O)c2O)s1. The Morgan fingerprint density at radius 3 is 2.65 bits per heavy atom. The van der Waals surface area contributed by atoms with Gasteiger partial charge in [-0.1, -0.05) is 13.0 Å². The fraction of sp³-hybridized carbons (Fsp3) is 0.357. The van der Waals surface area contributed by atoms with E-state index in [1.165, 1.54) is 10.9 Å². The highest BCUT2D eigenvalue weighted by Crippen LogP contribution is 2.37. The lowest BCUT2D eigenvalue weighted by molar-refractivity contribution is 0.363. The van der Waals surface area contributed by atoms with Crippen LogP contribution in [0.5, 0.6) is 17.2 Å². The minimum absolute atomic E-state index is 0.0515. The Bertz CT molecular complexity index is 598. The van der Waals surface area contributed by atoms with Crippen molar-refractivity contribution in [3.8, 4) is 17.2 Å². The van der Waals surface area contributed by atoms with Crippen LogP contribution in [0.4, 0.5) is 0 Å². The van der Waals surface area contributed by atoms with E-state index in [9.17, 15) is 15.3 Å². The van der Waals surface area contributed by atoms with E-state index in [-0.39, 0.29) is 17.5 Å². The van der Waals surface area contributed by atoms with Gasteiger partial charge in [-0.3, -0.25) is 0 Å². The maximum absolute atomic E-state index is 9.74. The molecule has 0 fully saturated rings. The average Bonchev–Trinajstić information content (AvgIpc) is 2.93. The van der Waals surface area contributed by atoms with Crippen LogP contribution in [0.3, 0.4) is 0 Å². The number of nitrogens with zero attached hydrogens (tertiary/aromatic N) is 1. The van der Waals surface area contributed by atoms with Crippen molar-refractivity contribution in [3.63, 3.8) is 0 Å². The van der Waals surface area contributed by atoms with Crippen LogP contribution >= 0.6 is 11.3 Å². The molecule has 0 saturated heterocycles. The summed E-state index contributed by atoms with van der Waals surface area (Å²) in [6.07, 6.45) is 2.85. The van der Waals surface area contributed by atoms with Crippen LogP contribution in [0.15, 0.2) is 18.3 Å². The second kappa shape index (κ2) is 6.11. The molecular weight excluding hydrogens is 276 g/mol. The van der Waals surface area contributed by atoms with Gasteiger partial charge in [0.1, 0.15) is 5.01 Å². The van der Waals surface area contributed by atoms with Crippen molar-refractivity contribution in [2.75, 3.05) is 0 Å². The summed E-state index contributed by atoms with van der Waals surface area (Å²) in [5.41, 5.74) is 0.527. The van der Waals surface area contributed by atoms with Gasteiger partial charge in [-0.2, -0.15) is 0 Å². The van der Waals surface area contributed by atoms with Crippen molar-refractivity contribution in [2.24, 2.45) is 0 Å². The Hall–Kier alpha value is -1.79. The van der Waals surface area contributed by atoms with Crippen molar-refractivity contribution >= 4 is 11.3 Å². The predicted molar refractivity (Wildman–Crippen MR) is 78.2 cm³/mol. The number of aromatic nitrogens is 1. The second-order valence-electron chi connectivity index (χ2n) is 4.56. The van der Waals surface area contributed by atoms with Gasteiger partial charge in [-0.05, 0) is 19.4 Å². The minimum Gasteiger partial charge on any atom is -0.504 e. The molecule has 0 aliphatic carbocycles. The lowest BCUT2D eigenvalue weighted by Crippen LogP contribution is -2.17. The van der Waals surface area contributed by atoms with E-state index < -0.39 is 5.75 Å². The summed E-state index contributed by atoms with van der Waals surface area (Å²) in [5, 5.41) is 32.7. The van der Waals surface area contributed by atoms with Gasteiger partial charge in [0.15, 0.2) is 11.5 Å². The highest BCUT2D eigenvalue weighted by Gasteiger charge is 2.13. The Morgan fingerprint density at radius 2 is 2.00 bits per heavy atom. The third kappa shape index (κ3) is 3.02. The maximum Gasteiger partial charge on any atom is 0.200 e. The lowest BCUT2D eigenvalue weighted by Gasteiger charge is -2.13. The van der Waals surface area contributed by atoms with Crippen molar-refractivity contribution < 1.29 is 15.3 Å². The van der Waals surface area contributed by atoms with Crippen LogP contribution in [0.2, 0.25) is 0 Å². The summed E-state index contributed by atoms with van der Waals surface area (Å²) >= 11 is 1.66. The minimum atomic E-state index is -0.487. The molecular formula is C14H18N2O3S. The molecule has 4 N–H and O–H groups in total. The molecule has 0 aliphatic heterocycles. The van der Waals surface area contributed by atoms with Crippen LogP contribution in [0, 0.1) is 0 Å².